The topological polar surface area (TPSA) is 41.1 Å². The van der Waals surface area contributed by atoms with Gasteiger partial charge in [0.2, 0.25) is 5.91 Å². The molecule has 0 radical (unpaired) electrons. The molecule has 1 atom stereocenters. The van der Waals surface area contributed by atoms with Crippen molar-refractivity contribution in [2.45, 2.75) is 18.8 Å². The Morgan fingerprint density at radius 1 is 0.857 bits per heavy atom. The van der Waals surface area contributed by atoms with Crippen molar-refractivity contribution >= 4 is 11.6 Å². The standard InChI is InChI=1S/C22H19F3N2O/c23-22(24,25)18-12-7-13-19(14-18)27-21(28)20(17-10-5-2-6-11-17)26-15-16-8-3-1-4-9-16/h1-14,20,26H,15H2,(H,27,28)/t20-/m0/s1. The van der Waals surface area contributed by atoms with Gasteiger partial charge in [0.15, 0.2) is 0 Å². The normalized spacial score (nSPS) is 12.4. The number of carbonyl (C=O) groups is 1. The first-order valence-corrected chi connectivity index (χ1v) is 8.74. The van der Waals surface area contributed by atoms with Crippen LogP contribution in [0, 0.1) is 0 Å². The van der Waals surface area contributed by atoms with Crippen molar-refractivity contribution in [3.05, 3.63) is 102 Å². The Morgan fingerprint density at radius 2 is 1.50 bits per heavy atom. The molecule has 0 bridgehead atoms. The van der Waals surface area contributed by atoms with Crippen molar-refractivity contribution in [2.24, 2.45) is 0 Å². The highest BCUT2D eigenvalue weighted by atomic mass is 19.4. The molecule has 0 saturated carbocycles. The maximum Gasteiger partial charge on any atom is 0.416 e. The van der Waals surface area contributed by atoms with Gasteiger partial charge in [-0.1, -0.05) is 66.7 Å². The summed E-state index contributed by atoms with van der Waals surface area (Å²) in [5, 5.41) is 5.77. The minimum atomic E-state index is -4.47. The molecule has 0 fully saturated rings. The zero-order valence-electron chi connectivity index (χ0n) is 14.9. The number of alkyl halides is 3. The summed E-state index contributed by atoms with van der Waals surface area (Å²) in [6, 6.07) is 22.5. The SMILES string of the molecule is O=C(Nc1cccc(C(F)(F)F)c1)[C@@H](NCc1ccccc1)c1ccccc1. The van der Waals surface area contributed by atoms with E-state index in [1.165, 1.54) is 12.1 Å². The molecular weight excluding hydrogens is 365 g/mol. The Labute approximate surface area is 161 Å². The monoisotopic (exact) mass is 384 g/mol. The van der Waals surface area contributed by atoms with E-state index in [0.29, 0.717) is 6.54 Å². The van der Waals surface area contributed by atoms with Crippen LogP contribution in [0.2, 0.25) is 0 Å². The van der Waals surface area contributed by atoms with Crippen LogP contribution in [0.4, 0.5) is 18.9 Å². The number of halogens is 3. The smallest absolute Gasteiger partial charge is 0.324 e. The maximum atomic E-state index is 12.9. The number of nitrogens with one attached hydrogen (secondary N) is 2. The molecule has 0 aromatic heterocycles. The fourth-order valence-corrected chi connectivity index (χ4v) is 2.81. The van der Waals surface area contributed by atoms with Crippen molar-refractivity contribution in [1.82, 2.24) is 5.32 Å². The minimum absolute atomic E-state index is 0.0993. The Hall–Kier alpha value is -3.12. The second-order valence-electron chi connectivity index (χ2n) is 6.28. The average molecular weight is 384 g/mol. The fourth-order valence-electron chi connectivity index (χ4n) is 2.81. The number of benzene rings is 3. The van der Waals surface area contributed by atoms with Crippen molar-refractivity contribution < 1.29 is 18.0 Å². The first kappa shape index (κ1) is 19.6. The summed E-state index contributed by atoms with van der Waals surface area (Å²) < 4.78 is 38.7. The second-order valence-corrected chi connectivity index (χ2v) is 6.28. The van der Waals surface area contributed by atoms with Crippen LogP contribution in [-0.4, -0.2) is 5.91 Å². The van der Waals surface area contributed by atoms with Crippen LogP contribution in [0.5, 0.6) is 0 Å². The summed E-state index contributed by atoms with van der Waals surface area (Å²) in [7, 11) is 0. The van der Waals surface area contributed by atoms with Crippen molar-refractivity contribution in [3.8, 4) is 0 Å². The highest BCUT2D eigenvalue weighted by molar-refractivity contribution is 5.95. The summed E-state index contributed by atoms with van der Waals surface area (Å²) in [5.41, 5.74) is 1.01. The molecule has 0 saturated heterocycles. The van der Waals surface area contributed by atoms with Gasteiger partial charge in [0, 0.05) is 12.2 Å². The molecule has 0 heterocycles. The van der Waals surface area contributed by atoms with Gasteiger partial charge in [0.05, 0.1) is 5.56 Å². The molecule has 3 aromatic carbocycles. The lowest BCUT2D eigenvalue weighted by atomic mass is 10.1. The van der Waals surface area contributed by atoms with E-state index in [1.54, 1.807) is 12.1 Å². The van der Waals surface area contributed by atoms with Gasteiger partial charge in [0.25, 0.3) is 0 Å². The summed E-state index contributed by atoms with van der Waals surface area (Å²) in [4.78, 5) is 12.8. The number of amides is 1. The predicted octanol–water partition coefficient (Wildman–Crippen LogP) is 5.18. The molecule has 0 aliphatic carbocycles. The first-order chi connectivity index (χ1) is 13.4. The third kappa shape index (κ3) is 5.20. The highest BCUT2D eigenvalue weighted by Gasteiger charge is 2.30. The van der Waals surface area contributed by atoms with E-state index >= 15 is 0 Å². The number of hydrogen-bond acceptors (Lipinski definition) is 2. The first-order valence-electron chi connectivity index (χ1n) is 8.74. The largest absolute Gasteiger partial charge is 0.416 e. The number of hydrogen-bond donors (Lipinski definition) is 2. The van der Waals surface area contributed by atoms with E-state index < -0.39 is 23.7 Å². The number of rotatable bonds is 6. The van der Waals surface area contributed by atoms with E-state index in [2.05, 4.69) is 10.6 Å². The zero-order chi connectivity index (χ0) is 20.0. The van der Waals surface area contributed by atoms with E-state index in [1.807, 2.05) is 48.5 Å². The average Bonchev–Trinajstić information content (AvgIpc) is 2.69. The lowest BCUT2D eigenvalue weighted by molar-refractivity contribution is -0.137. The van der Waals surface area contributed by atoms with Crippen LogP contribution >= 0.6 is 0 Å². The molecule has 2 N–H and O–H groups in total. The van der Waals surface area contributed by atoms with Gasteiger partial charge in [0.1, 0.15) is 6.04 Å². The summed E-state index contributed by atoms with van der Waals surface area (Å²) >= 11 is 0. The third-order valence-corrected chi connectivity index (χ3v) is 4.21. The molecule has 3 nitrogen and oxygen atoms in total. The lowest BCUT2D eigenvalue weighted by Gasteiger charge is -2.19. The molecule has 144 valence electrons. The lowest BCUT2D eigenvalue weighted by Crippen LogP contribution is -2.32. The van der Waals surface area contributed by atoms with Crippen molar-refractivity contribution in [2.75, 3.05) is 5.32 Å². The van der Waals surface area contributed by atoms with E-state index in [4.69, 9.17) is 0 Å². The second kappa shape index (κ2) is 8.71. The molecule has 0 aliphatic heterocycles. The molecule has 3 aromatic rings. The Morgan fingerprint density at radius 3 is 2.14 bits per heavy atom. The molecule has 0 spiro atoms. The Kier molecular flexibility index (Phi) is 6.11. The Bertz CT molecular complexity index is 912. The molecule has 3 rings (SSSR count). The predicted molar refractivity (Wildman–Crippen MR) is 103 cm³/mol. The van der Waals surface area contributed by atoms with Crippen LogP contribution in [0.25, 0.3) is 0 Å². The van der Waals surface area contributed by atoms with Gasteiger partial charge in [-0.25, -0.2) is 0 Å². The van der Waals surface area contributed by atoms with Gasteiger partial charge < -0.3 is 5.32 Å². The minimum Gasteiger partial charge on any atom is -0.324 e. The van der Waals surface area contributed by atoms with Gasteiger partial charge in [-0.3, -0.25) is 10.1 Å². The number of anilines is 1. The zero-order valence-corrected chi connectivity index (χ0v) is 14.9. The van der Waals surface area contributed by atoms with Gasteiger partial charge in [-0.15, -0.1) is 0 Å². The summed E-state index contributed by atoms with van der Waals surface area (Å²) in [6.45, 7) is 0.441. The molecule has 0 unspecified atom stereocenters. The van der Waals surface area contributed by atoms with Crippen molar-refractivity contribution in [1.29, 1.82) is 0 Å². The van der Waals surface area contributed by atoms with Gasteiger partial charge >= 0.3 is 6.18 Å². The molecule has 1 amide bonds. The summed E-state index contributed by atoms with van der Waals surface area (Å²) in [6.07, 6.45) is -4.47. The van der Waals surface area contributed by atoms with E-state index in [-0.39, 0.29) is 5.69 Å². The quantitative estimate of drug-likeness (QED) is 0.615. The van der Waals surface area contributed by atoms with E-state index in [0.717, 1.165) is 23.3 Å². The van der Waals surface area contributed by atoms with Gasteiger partial charge in [-0.2, -0.15) is 13.2 Å². The molecule has 6 heteroatoms. The third-order valence-electron chi connectivity index (χ3n) is 4.21. The van der Waals surface area contributed by atoms with Gasteiger partial charge in [-0.05, 0) is 29.3 Å². The Balaban J connectivity index is 1.79. The number of carbonyl (C=O) groups excluding carboxylic acids is 1. The van der Waals surface area contributed by atoms with Crippen LogP contribution in [0.1, 0.15) is 22.7 Å². The fraction of sp³-hybridized carbons (Fsp3) is 0.136. The van der Waals surface area contributed by atoms with Crippen LogP contribution in [0.15, 0.2) is 84.9 Å². The van der Waals surface area contributed by atoms with E-state index in [9.17, 15) is 18.0 Å². The molecule has 0 aliphatic rings. The summed E-state index contributed by atoms with van der Waals surface area (Å²) in [5.74, 6) is -0.429. The molecule has 28 heavy (non-hydrogen) atoms. The highest BCUT2D eigenvalue weighted by Crippen LogP contribution is 2.31. The van der Waals surface area contributed by atoms with Crippen LogP contribution in [-0.2, 0) is 17.5 Å². The van der Waals surface area contributed by atoms with Crippen molar-refractivity contribution in [3.63, 3.8) is 0 Å². The molecular formula is C22H19F3N2O. The van der Waals surface area contributed by atoms with Crippen LogP contribution < -0.4 is 10.6 Å². The van der Waals surface area contributed by atoms with Crippen LogP contribution in [0.3, 0.4) is 0 Å². The maximum absolute atomic E-state index is 12.9.